The van der Waals surface area contributed by atoms with Crippen LogP contribution in [0.5, 0.6) is 0 Å². The van der Waals surface area contributed by atoms with Crippen LogP contribution >= 0.6 is 0 Å². The van der Waals surface area contributed by atoms with Gasteiger partial charge in [0.2, 0.25) is 0 Å². The monoisotopic (exact) mass is 320 g/mol. The summed E-state index contributed by atoms with van der Waals surface area (Å²) in [4.78, 5) is 30.1. The number of aromatic nitrogens is 1. The maximum absolute atomic E-state index is 11.9. The van der Waals surface area contributed by atoms with Crippen LogP contribution in [-0.4, -0.2) is 60.6 Å². The van der Waals surface area contributed by atoms with Crippen molar-refractivity contribution in [2.75, 3.05) is 32.8 Å². The highest BCUT2D eigenvalue weighted by atomic mass is 16.5. The van der Waals surface area contributed by atoms with E-state index in [0.717, 1.165) is 18.7 Å². The summed E-state index contributed by atoms with van der Waals surface area (Å²) in [6.07, 6.45) is 3.33. The van der Waals surface area contributed by atoms with E-state index in [9.17, 15) is 9.59 Å². The molecular formula is C16H24N4O3. The summed E-state index contributed by atoms with van der Waals surface area (Å²) in [6, 6.07) is 3.56. The van der Waals surface area contributed by atoms with Crippen LogP contribution < -0.4 is 10.6 Å². The lowest BCUT2D eigenvalue weighted by molar-refractivity contribution is -0.139. The largest absolute Gasteiger partial charge is 0.379 e. The Morgan fingerprint density at radius 3 is 2.70 bits per heavy atom. The van der Waals surface area contributed by atoms with Gasteiger partial charge in [-0.15, -0.1) is 0 Å². The Hall–Kier alpha value is -1.99. The Balaban J connectivity index is 1.75. The fraction of sp³-hybridized carbons (Fsp3) is 0.562. The van der Waals surface area contributed by atoms with Gasteiger partial charge >= 0.3 is 11.8 Å². The van der Waals surface area contributed by atoms with Gasteiger partial charge in [-0.05, 0) is 25.5 Å². The smallest absolute Gasteiger partial charge is 0.309 e. The van der Waals surface area contributed by atoms with Crippen molar-refractivity contribution in [3.63, 3.8) is 0 Å². The van der Waals surface area contributed by atoms with Crippen LogP contribution in [0.2, 0.25) is 0 Å². The molecule has 1 saturated heterocycles. The van der Waals surface area contributed by atoms with Gasteiger partial charge in [-0.2, -0.15) is 0 Å². The lowest BCUT2D eigenvalue weighted by Gasteiger charge is -2.32. The first-order chi connectivity index (χ1) is 11.1. The molecule has 0 radical (unpaired) electrons. The van der Waals surface area contributed by atoms with Crippen LogP contribution in [0.15, 0.2) is 24.5 Å². The number of carbonyl (C=O) groups is 2. The van der Waals surface area contributed by atoms with Crippen molar-refractivity contribution < 1.29 is 14.3 Å². The molecule has 0 spiro atoms. The van der Waals surface area contributed by atoms with Gasteiger partial charge in [-0.3, -0.25) is 19.5 Å². The standard InChI is InChI=1S/C16H24N4O3/c1-12(20-6-8-23-9-7-20)10-18-15(21)16(22)19-13(2)14-4-3-5-17-11-14/h3-5,11-13H,6-10H2,1-2H3,(H,18,21)(H,19,22)/t12-,13+/m0/s1. The predicted octanol–water partition coefficient (Wildman–Crippen LogP) is 0.0957. The predicted molar refractivity (Wildman–Crippen MR) is 85.7 cm³/mol. The van der Waals surface area contributed by atoms with E-state index in [2.05, 4.69) is 20.5 Å². The van der Waals surface area contributed by atoms with Crippen molar-refractivity contribution in [1.29, 1.82) is 0 Å². The number of amides is 2. The highest BCUT2D eigenvalue weighted by Crippen LogP contribution is 2.09. The molecule has 7 heteroatoms. The highest BCUT2D eigenvalue weighted by Gasteiger charge is 2.20. The van der Waals surface area contributed by atoms with Gasteiger partial charge in [0.25, 0.3) is 0 Å². The van der Waals surface area contributed by atoms with Crippen LogP contribution in [0.4, 0.5) is 0 Å². The third-order valence-electron chi connectivity index (χ3n) is 3.97. The van der Waals surface area contributed by atoms with E-state index >= 15 is 0 Å². The van der Waals surface area contributed by atoms with E-state index in [0.29, 0.717) is 19.8 Å². The fourth-order valence-electron chi connectivity index (χ4n) is 2.45. The van der Waals surface area contributed by atoms with Crippen LogP contribution in [-0.2, 0) is 14.3 Å². The molecule has 2 heterocycles. The van der Waals surface area contributed by atoms with Gasteiger partial charge in [-0.25, -0.2) is 0 Å². The van der Waals surface area contributed by atoms with Crippen LogP contribution in [0.3, 0.4) is 0 Å². The zero-order chi connectivity index (χ0) is 16.7. The Bertz CT molecular complexity index is 517. The molecule has 23 heavy (non-hydrogen) atoms. The van der Waals surface area contributed by atoms with Crippen molar-refractivity contribution >= 4 is 11.8 Å². The van der Waals surface area contributed by atoms with Gasteiger partial charge in [0.1, 0.15) is 0 Å². The molecule has 0 aliphatic carbocycles. The average molecular weight is 320 g/mol. The quantitative estimate of drug-likeness (QED) is 0.752. The van der Waals surface area contributed by atoms with Crippen LogP contribution in [0.1, 0.15) is 25.5 Å². The zero-order valence-corrected chi connectivity index (χ0v) is 13.6. The minimum Gasteiger partial charge on any atom is -0.379 e. The molecule has 7 nitrogen and oxygen atoms in total. The molecular weight excluding hydrogens is 296 g/mol. The van der Waals surface area contributed by atoms with Crippen molar-refractivity contribution in [1.82, 2.24) is 20.5 Å². The van der Waals surface area contributed by atoms with Gasteiger partial charge in [0.15, 0.2) is 0 Å². The summed E-state index contributed by atoms with van der Waals surface area (Å²) in [5, 5.41) is 5.36. The number of rotatable bonds is 5. The third-order valence-corrected chi connectivity index (χ3v) is 3.97. The van der Waals surface area contributed by atoms with E-state index in [1.165, 1.54) is 0 Å². The summed E-state index contributed by atoms with van der Waals surface area (Å²) in [6.45, 7) is 7.40. The van der Waals surface area contributed by atoms with E-state index in [-0.39, 0.29) is 12.1 Å². The van der Waals surface area contributed by atoms with E-state index in [1.54, 1.807) is 18.5 Å². The number of morpholine rings is 1. The minimum atomic E-state index is -0.629. The molecule has 1 aromatic rings. The summed E-state index contributed by atoms with van der Waals surface area (Å²) >= 11 is 0. The van der Waals surface area contributed by atoms with Gasteiger partial charge in [0.05, 0.1) is 19.3 Å². The Labute approximate surface area is 136 Å². The number of nitrogens with one attached hydrogen (secondary N) is 2. The molecule has 1 aliphatic heterocycles. The summed E-state index contributed by atoms with van der Waals surface area (Å²) in [5.74, 6) is -1.24. The lowest BCUT2D eigenvalue weighted by atomic mass is 10.1. The molecule has 2 amide bonds. The van der Waals surface area contributed by atoms with Gasteiger partial charge < -0.3 is 15.4 Å². The number of nitrogens with zero attached hydrogens (tertiary/aromatic N) is 2. The molecule has 0 aromatic carbocycles. The molecule has 1 aliphatic rings. The van der Waals surface area contributed by atoms with E-state index in [4.69, 9.17) is 4.74 Å². The minimum absolute atomic E-state index is 0.173. The van der Waals surface area contributed by atoms with Crippen LogP contribution in [0.25, 0.3) is 0 Å². The van der Waals surface area contributed by atoms with Crippen LogP contribution in [0, 0.1) is 0 Å². The Morgan fingerprint density at radius 2 is 2.04 bits per heavy atom. The maximum atomic E-state index is 11.9. The topological polar surface area (TPSA) is 83.6 Å². The molecule has 1 aromatic heterocycles. The second kappa shape index (κ2) is 8.59. The molecule has 2 atom stereocenters. The molecule has 126 valence electrons. The van der Waals surface area contributed by atoms with Crippen molar-refractivity contribution in [2.24, 2.45) is 0 Å². The third kappa shape index (κ3) is 5.30. The molecule has 2 rings (SSSR count). The summed E-state index contributed by atoms with van der Waals surface area (Å²) in [5.41, 5.74) is 0.857. The number of pyridine rings is 1. The first-order valence-electron chi connectivity index (χ1n) is 7.88. The van der Waals surface area contributed by atoms with E-state index < -0.39 is 11.8 Å². The molecule has 2 N–H and O–H groups in total. The zero-order valence-electron chi connectivity index (χ0n) is 13.6. The average Bonchev–Trinajstić information content (AvgIpc) is 2.60. The number of ether oxygens (including phenoxy) is 1. The van der Waals surface area contributed by atoms with Crippen molar-refractivity contribution in [2.45, 2.75) is 25.9 Å². The fourth-order valence-corrected chi connectivity index (χ4v) is 2.45. The Kier molecular flexibility index (Phi) is 6.49. The van der Waals surface area contributed by atoms with E-state index in [1.807, 2.05) is 19.9 Å². The summed E-state index contributed by atoms with van der Waals surface area (Å²) < 4.78 is 5.30. The second-order valence-corrected chi connectivity index (χ2v) is 5.69. The second-order valence-electron chi connectivity index (χ2n) is 5.69. The Morgan fingerprint density at radius 1 is 1.30 bits per heavy atom. The number of hydrogen-bond acceptors (Lipinski definition) is 5. The highest BCUT2D eigenvalue weighted by molar-refractivity contribution is 6.35. The molecule has 0 unspecified atom stereocenters. The van der Waals surface area contributed by atoms with Crippen molar-refractivity contribution in [3.05, 3.63) is 30.1 Å². The molecule has 1 fully saturated rings. The summed E-state index contributed by atoms with van der Waals surface area (Å²) in [7, 11) is 0. The van der Waals surface area contributed by atoms with Crippen molar-refractivity contribution in [3.8, 4) is 0 Å². The molecule has 0 bridgehead atoms. The first-order valence-corrected chi connectivity index (χ1v) is 7.88. The first kappa shape index (κ1) is 17.4. The van der Waals surface area contributed by atoms with Gasteiger partial charge in [0, 0.05) is 38.1 Å². The normalized spacial score (nSPS) is 18.0. The molecule has 0 saturated carbocycles. The lowest BCUT2D eigenvalue weighted by Crippen LogP contribution is -2.49. The number of carbonyl (C=O) groups excluding carboxylic acids is 2. The maximum Gasteiger partial charge on any atom is 0.309 e. The SMILES string of the molecule is C[C@@H](NC(=O)C(=O)NC[C@H](C)N1CCOCC1)c1cccnc1. The van der Waals surface area contributed by atoms with Gasteiger partial charge in [-0.1, -0.05) is 6.07 Å². The number of hydrogen-bond donors (Lipinski definition) is 2.